The predicted octanol–water partition coefficient (Wildman–Crippen LogP) is 6.52. The van der Waals surface area contributed by atoms with Crippen LogP contribution in [0.1, 0.15) is 105 Å². The van der Waals surface area contributed by atoms with Crippen molar-refractivity contribution in [1.82, 2.24) is 0 Å². The zero-order valence-corrected chi connectivity index (χ0v) is 15.9. The highest BCUT2D eigenvalue weighted by molar-refractivity contribution is 5.81. The highest BCUT2D eigenvalue weighted by Gasteiger charge is 2.13. The number of hydrogen-bond acceptors (Lipinski definition) is 3. The predicted molar refractivity (Wildman–Crippen MR) is 97.1 cm³/mol. The molecule has 0 N–H and O–H groups in total. The van der Waals surface area contributed by atoms with Crippen LogP contribution in [-0.2, 0) is 14.6 Å². The van der Waals surface area contributed by atoms with Crippen molar-refractivity contribution in [3.63, 3.8) is 0 Å². The van der Waals surface area contributed by atoms with Crippen LogP contribution in [0, 0.1) is 0 Å². The molecule has 0 saturated carbocycles. The lowest BCUT2D eigenvalue weighted by molar-refractivity contribution is -0.316. The van der Waals surface area contributed by atoms with Gasteiger partial charge in [0.05, 0.1) is 0 Å². The molecule has 0 saturated heterocycles. The molecule has 3 heteroatoms. The highest BCUT2D eigenvalue weighted by atomic mass is 17.2. The summed E-state index contributed by atoms with van der Waals surface area (Å²) < 4.78 is 0. The second kappa shape index (κ2) is 14.7. The van der Waals surface area contributed by atoms with E-state index in [0.29, 0.717) is 0 Å². The molecule has 0 atom stereocenters. The number of allylic oxidation sites excluding steroid dienone is 1. The van der Waals surface area contributed by atoms with E-state index in [0.717, 1.165) is 12.8 Å². The van der Waals surface area contributed by atoms with Gasteiger partial charge < -0.3 is 0 Å². The maximum Gasteiger partial charge on any atom is 0.365 e. The number of hydrogen-bond donors (Lipinski definition) is 0. The Hall–Kier alpha value is -0.830. The lowest BCUT2D eigenvalue weighted by atomic mass is 10.1. The van der Waals surface area contributed by atoms with Gasteiger partial charge >= 0.3 is 5.97 Å². The Bertz CT molecular complexity index is 302. The van der Waals surface area contributed by atoms with Crippen molar-refractivity contribution >= 4 is 5.97 Å². The zero-order chi connectivity index (χ0) is 17.4. The summed E-state index contributed by atoms with van der Waals surface area (Å²) in [4.78, 5) is 21.0. The number of carbonyl (C=O) groups is 1. The molecule has 0 aromatic heterocycles. The van der Waals surface area contributed by atoms with Gasteiger partial charge in [-0.25, -0.2) is 4.79 Å². The van der Waals surface area contributed by atoms with Gasteiger partial charge in [-0.3, -0.25) is 4.89 Å². The number of rotatable bonds is 14. The molecule has 0 aromatic carbocycles. The summed E-state index contributed by atoms with van der Waals surface area (Å²) in [5.74, 6) is -0.428. The van der Waals surface area contributed by atoms with Crippen molar-refractivity contribution in [1.29, 1.82) is 0 Å². The molecular weight excluding hydrogens is 288 g/mol. The van der Waals surface area contributed by atoms with E-state index in [1.807, 2.05) is 26.8 Å². The Labute approximate surface area is 143 Å². The molecule has 136 valence electrons. The molecule has 0 radical (unpaired) electrons. The van der Waals surface area contributed by atoms with Gasteiger partial charge in [0, 0.05) is 6.08 Å². The van der Waals surface area contributed by atoms with Gasteiger partial charge in [-0.05, 0) is 33.6 Å². The Morgan fingerprint density at radius 3 is 1.78 bits per heavy atom. The summed E-state index contributed by atoms with van der Waals surface area (Å²) in [6.07, 6.45) is 19.0. The van der Waals surface area contributed by atoms with Gasteiger partial charge in [0.25, 0.3) is 0 Å². The molecule has 0 fully saturated rings. The van der Waals surface area contributed by atoms with Gasteiger partial charge in [-0.15, -0.1) is 0 Å². The highest BCUT2D eigenvalue weighted by Crippen LogP contribution is 2.12. The van der Waals surface area contributed by atoms with Crippen LogP contribution in [0.25, 0.3) is 0 Å². The van der Waals surface area contributed by atoms with E-state index in [4.69, 9.17) is 4.89 Å². The summed E-state index contributed by atoms with van der Waals surface area (Å²) in [7, 11) is 0. The van der Waals surface area contributed by atoms with Crippen molar-refractivity contribution in [2.24, 2.45) is 0 Å². The first-order valence-corrected chi connectivity index (χ1v) is 9.52. The maximum absolute atomic E-state index is 11.4. The quantitative estimate of drug-likeness (QED) is 0.158. The van der Waals surface area contributed by atoms with Crippen LogP contribution in [0.5, 0.6) is 0 Å². The molecule has 0 spiro atoms. The average molecular weight is 327 g/mol. The van der Waals surface area contributed by atoms with Crippen LogP contribution in [-0.4, -0.2) is 11.6 Å². The van der Waals surface area contributed by atoms with E-state index < -0.39 is 11.6 Å². The normalized spacial score (nSPS) is 12.0. The minimum Gasteiger partial charge on any atom is -0.293 e. The number of carbonyl (C=O) groups excluding carboxylic acids is 1. The van der Waals surface area contributed by atoms with Gasteiger partial charge in [-0.2, -0.15) is 4.89 Å². The van der Waals surface area contributed by atoms with E-state index >= 15 is 0 Å². The summed E-state index contributed by atoms with van der Waals surface area (Å²) in [6.45, 7) is 7.79. The van der Waals surface area contributed by atoms with Gasteiger partial charge in [0.15, 0.2) is 0 Å². The van der Waals surface area contributed by atoms with Crippen molar-refractivity contribution < 1.29 is 14.6 Å². The topological polar surface area (TPSA) is 35.5 Å². The van der Waals surface area contributed by atoms with E-state index in [-0.39, 0.29) is 0 Å². The second-order valence-electron chi connectivity index (χ2n) is 7.32. The molecule has 0 unspecified atom stereocenters. The summed E-state index contributed by atoms with van der Waals surface area (Å²) in [5.41, 5.74) is -0.459. The number of unbranched alkanes of at least 4 members (excludes halogenated alkanes) is 11. The van der Waals surface area contributed by atoms with Crippen molar-refractivity contribution in [2.75, 3.05) is 0 Å². The molecule has 0 amide bonds. The molecule has 23 heavy (non-hydrogen) atoms. The van der Waals surface area contributed by atoms with E-state index in [1.54, 1.807) is 0 Å². The second-order valence-corrected chi connectivity index (χ2v) is 7.32. The van der Waals surface area contributed by atoms with Crippen LogP contribution >= 0.6 is 0 Å². The minimum atomic E-state index is -0.459. The van der Waals surface area contributed by atoms with E-state index in [1.165, 1.54) is 70.3 Å². The fraction of sp³-hybridized carbons (Fsp3) is 0.850. The first-order valence-electron chi connectivity index (χ1n) is 9.52. The molecule has 0 bridgehead atoms. The Balaban J connectivity index is 3.29. The van der Waals surface area contributed by atoms with Crippen LogP contribution in [0.2, 0.25) is 0 Å². The van der Waals surface area contributed by atoms with Crippen LogP contribution in [0.4, 0.5) is 0 Å². The molecule has 0 aliphatic carbocycles. The van der Waals surface area contributed by atoms with Crippen molar-refractivity contribution in [3.8, 4) is 0 Å². The fourth-order valence-corrected chi connectivity index (χ4v) is 2.30. The molecule has 0 rings (SSSR count). The van der Waals surface area contributed by atoms with E-state index in [9.17, 15) is 4.79 Å². The molecule has 0 aromatic rings. The fourth-order valence-electron chi connectivity index (χ4n) is 2.30. The molecule has 0 heterocycles. The van der Waals surface area contributed by atoms with Crippen LogP contribution in [0.3, 0.4) is 0 Å². The summed E-state index contributed by atoms with van der Waals surface area (Å²) in [5, 5.41) is 0. The van der Waals surface area contributed by atoms with Crippen molar-refractivity contribution in [2.45, 2.75) is 110 Å². The SMILES string of the molecule is CCCCCCCCCCCCCC=CC(=O)OOC(C)(C)C. The lowest BCUT2D eigenvalue weighted by Crippen LogP contribution is -2.21. The van der Waals surface area contributed by atoms with Gasteiger partial charge in [0.1, 0.15) is 5.60 Å². The third-order valence-corrected chi connectivity index (χ3v) is 3.60. The Kier molecular flexibility index (Phi) is 14.2. The van der Waals surface area contributed by atoms with Crippen LogP contribution in [0.15, 0.2) is 12.2 Å². The monoisotopic (exact) mass is 326 g/mol. The van der Waals surface area contributed by atoms with Crippen LogP contribution < -0.4 is 0 Å². The zero-order valence-electron chi connectivity index (χ0n) is 15.9. The first-order chi connectivity index (χ1) is 11.0. The van der Waals surface area contributed by atoms with Crippen molar-refractivity contribution in [3.05, 3.63) is 12.2 Å². The average Bonchev–Trinajstić information content (AvgIpc) is 2.49. The molecule has 0 aliphatic heterocycles. The van der Waals surface area contributed by atoms with Gasteiger partial charge in [-0.1, -0.05) is 77.2 Å². The standard InChI is InChI=1S/C20H38O3/c1-5-6-7-8-9-10-11-12-13-14-15-16-17-18-19(21)22-23-20(2,3)4/h17-18H,5-16H2,1-4H3. The summed E-state index contributed by atoms with van der Waals surface area (Å²) in [6, 6.07) is 0. The minimum absolute atomic E-state index is 0.428. The third kappa shape index (κ3) is 19.1. The third-order valence-electron chi connectivity index (χ3n) is 3.60. The Morgan fingerprint density at radius 1 is 0.826 bits per heavy atom. The smallest absolute Gasteiger partial charge is 0.293 e. The largest absolute Gasteiger partial charge is 0.365 e. The Morgan fingerprint density at radius 2 is 1.30 bits per heavy atom. The van der Waals surface area contributed by atoms with Gasteiger partial charge in [0.2, 0.25) is 0 Å². The molecule has 0 aliphatic rings. The molecular formula is C20H38O3. The van der Waals surface area contributed by atoms with E-state index in [2.05, 4.69) is 11.8 Å². The maximum atomic E-state index is 11.4. The lowest BCUT2D eigenvalue weighted by Gasteiger charge is -2.15. The summed E-state index contributed by atoms with van der Waals surface area (Å²) >= 11 is 0. The first kappa shape index (κ1) is 22.2. The molecule has 3 nitrogen and oxygen atoms in total.